The summed E-state index contributed by atoms with van der Waals surface area (Å²) in [4.78, 5) is 24.2. The van der Waals surface area contributed by atoms with Gasteiger partial charge in [-0.15, -0.1) is 0 Å². The second kappa shape index (κ2) is 8.02. The molecule has 8 heteroatoms. The van der Waals surface area contributed by atoms with Crippen molar-refractivity contribution in [3.63, 3.8) is 0 Å². The van der Waals surface area contributed by atoms with E-state index in [9.17, 15) is 22.8 Å². The second-order valence-electron chi connectivity index (χ2n) is 6.81. The van der Waals surface area contributed by atoms with Crippen molar-refractivity contribution in [1.82, 2.24) is 10.6 Å². The van der Waals surface area contributed by atoms with Gasteiger partial charge >= 0.3 is 0 Å². The monoisotopic (exact) mass is 391 g/mol. The van der Waals surface area contributed by atoms with Crippen LogP contribution in [0.2, 0.25) is 0 Å². The van der Waals surface area contributed by atoms with Crippen molar-refractivity contribution in [2.24, 2.45) is 0 Å². The molecule has 1 aliphatic heterocycles. The third-order valence-electron chi connectivity index (χ3n) is 4.56. The summed E-state index contributed by atoms with van der Waals surface area (Å²) >= 11 is 0. The van der Waals surface area contributed by atoms with Crippen LogP contribution in [0, 0.1) is 5.82 Å². The normalized spacial score (nSPS) is 19.1. The van der Waals surface area contributed by atoms with Crippen LogP contribution in [0.4, 0.5) is 18.9 Å². The molecule has 0 bridgehead atoms. The van der Waals surface area contributed by atoms with Gasteiger partial charge in [0.25, 0.3) is 11.8 Å². The molecule has 1 aliphatic rings. The Labute approximate surface area is 160 Å². The minimum absolute atomic E-state index is 0.326. The van der Waals surface area contributed by atoms with Gasteiger partial charge in [-0.25, -0.2) is 13.2 Å². The van der Waals surface area contributed by atoms with Crippen LogP contribution in [0.15, 0.2) is 48.5 Å². The molecule has 0 aromatic heterocycles. The van der Waals surface area contributed by atoms with Gasteiger partial charge < -0.3 is 10.6 Å². The molecule has 3 rings (SSSR count). The first-order valence-electron chi connectivity index (χ1n) is 8.82. The molecule has 1 saturated heterocycles. The molecule has 3 N–H and O–H groups in total. The zero-order chi connectivity index (χ0) is 20.3. The van der Waals surface area contributed by atoms with Crippen LogP contribution in [0.3, 0.4) is 0 Å². The lowest BCUT2D eigenvalue weighted by molar-refractivity contribution is -0.124. The van der Waals surface area contributed by atoms with Gasteiger partial charge in [-0.2, -0.15) is 0 Å². The van der Waals surface area contributed by atoms with E-state index in [0.29, 0.717) is 11.3 Å². The van der Waals surface area contributed by atoms with Gasteiger partial charge in [0.1, 0.15) is 5.82 Å². The van der Waals surface area contributed by atoms with Gasteiger partial charge in [0.15, 0.2) is 0 Å². The van der Waals surface area contributed by atoms with Crippen molar-refractivity contribution in [3.8, 4) is 0 Å². The first-order chi connectivity index (χ1) is 13.2. The standard InChI is InChI=1S/C20H20F3N3O2/c1-12(25-19(28)17-10-20(22,23)11-24-17)13-4-8-16(9-5-13)26-18(27)14-2-6-15(21)7-3-14/h2-9,12,17,24H,10-11H2,1H3,(H,25,28)(H,26,27). The molecule has 2 aromatic carbocycles. The van der Waals surface area contributed by atoms with Crippen LogP contribution < -0.4 is 16.0 Å². The van der Waals surface area contributed by atoms with E-state index < -0.39 is 36.7 Å². The third kappa shape index (κ3) is 4.89. The minimum atomic E-state index is -2.87. The molecular formula is C20H20F3N3O2. The Morgan fingerprint density at radius 2 is 1.75 bits per heavy atom. The van der Waals surface area contributed by atoms with Crippen LogP contribution in [0.1, 0.15) is 35.3 Å². The van der Waals surface area contributed by atoms with Gasteiger partial charge in [-0.1, -0.05) is 12.1 Å². The number of carbonyl (C=O) groups is 2. The fraction of sp³-hybridized carbons (Fsp3) is 0.300. The van der Waals surface area contributed by atoms with E-state index in [-0.39, 0.29) is 11.9 Å². The predicted octanol–water partition coefficient (Wildman–Crippen LogP) is 3.25. The van der Waals surface area contributed by atoms with E-state index in [1.807, 2.05) is 0 Å². The van der Waals surface area contributed by atoms with E-state index in [0.717, 1.165) is 5.56 Å². The Balaban J connectivity index is 1.56. The molecule has 5 nitrogen and oxygen atoms in total. The number of amides is 2. The Kier molecular flexibility index (Phi) is 5.69. The summed E-state index contributed by atoms with van der Waals surface area (Å²) in [5.41, 5.74) is 1.62. The fourth-order valence-corrected chi connectivity index (χ4v) is 2.96. The Hall–Kier alpha value is -2.87. The maximum Gasteiger partial charge on any atom is 0.262 e. The largest absolute Gasteiger partial charge is 0.348 e. The van der Waals surface area contributed by atoms with E-state index in [2.05, 4.69) is 16.0 Å². The number of carbonyl (C=O) groups excluding carboxylic acids is 2. The Bertz CT molecular complexity index is 854. The first-order valence-corrected chi connectivity index (χ1v) is 8.82. The highest BCUT2D eigenvalue weighted by molar-refractivity contribution is 6.04. The molecule has 2 unspecified atom stereocenters. The van der Waals surface area contributed by atoms with Crippen LogP contribution in [-0.2, 0) is 4.79 Å². The number of anilines is 1. The summed E-state index contributed by atoms with van der Waals surface area (Å²) in [6.45, 7) is 1.25. The van der Waals surface area contributed by atoms with Gasteiger partial charge in [-0.3, -0.25) is 14.9 Å². The average molecular weight is 391 g/mol. The highest BCUT2D eigenvalue weighted by atomic mass is 19.3. The number of rotatable bonds is 5. The zero-order valence-electron chi connectivity index (χ0n) is 15.1. The number of alkyl halides is 2. The molecule has 0 saturated carbocycles. The molecule has 2 aromatic rings. The molecular weight excluding hydrogens is 371 g/mol. The number of benzene rings is 2. The van der Waals surface area contributed by atoms with Crippen LogP contribution in [-0.4, -0.2) is 30.3 Å². The summed E-state index contributed by atoms with van der Waals surface area (Å²) in [6.07, 6.45) is -0.514. The first kappa shape index (κ1) is 19.9. The lowest BCUT2D eigenvalue weighted by Crippen LogP contribution is -2.41. The van der Waals surface area contributed by atoms with Crippen LogP contribution in [0.5, 0.6) is 0 Å². The molecule has 2 atom stereocenters. The summed E-state index contributed by atoms with van der Waals surface area (Å²) in [6, 6.07) is 10.7. The maximum absolute atomic E-state index is 13.2. The Morgan fingerprint density at radius 3 is 2.32 bits per heavy atom. The SMILES string of the molecule is CC(NC(=O)C1CC(F)(F)CN1)c1ccc(NC(=O)c2ccc(F)cc2)cc1. The highest BCUT2D eigenvalue weighted by Gasteiger charge is 2.42. The minimum Gasteiger partial charge on any atom is -0.348 e. The maximum atomic E-state index is 13.2. The van der Waals surface area contributed by atoms with E-state index in [4.69, 9.17) is 0 Å². The van der Waals surface area contributed by atoms with Gasteiger partial charge in [-0.05, 0) is 48.9 Å². The van der Waals surface area contributed by atoms with Crippen molar-refractivity contribution >= 4 is 17.5 Å². The van der Waals surface area contributed by atoms with Crippen molar-refractivity contribution < 1.29 is 22.8 Å². The van der Waals surface area contributed by atoms with Crippen molar-refractivity contribution in [1.29, 1.82) is 0 Å². The van der Waals surface area contributed by atoms with Gasteiger partial charge in [0.2, 0.25) is 5.91 Å². The molecule has 1 fully saturated rings. The van der Waals surface area contributed by atoms with Gasteiger partial charge in [0.05, 0.1) is 18.6 Å². The highest BCUT2D eigenvalue weighted by Crippen LogP contribution is 2.25. The Morgan fingerprint density at radius 1 is 1.11 bits per heavy atom. The van der Waals surface area contributed by atoms with E-state index in [1.165, 1.54) is 24.3 Å². The molecule has 0 radical (unpaired) electrons. The van der Waals surface area contributed by atoms with Crippen molar-refractivity contribution in [3.05, 3.63) is 65.5 Å². The quantitative estimate of drug-likeness (QED) is 0.733. The van der Waals surface area contributed by atoms with Crippen LogP contribution in [0.25, 0.3) is 0 Å². The summed E-state index contributed by atoms with van der Waals surface area (Å²) in [5, 5.41) is 7.93. The molecule has 1 heterocycles. The lowest BCUT2D eigenvalue weighted by Gasteiger charge is -2.18. The number of hydrogen-bond donors (Lipinski definition) is 3. The smallest absolute Gasteiger partial charge is 0.262 e. The lowest BCUT2D eigenvalue weighted by atomic mass is 10.1. The number of hydrogen-bond acceptors (Lipinski definition) is 3. The van der Waals surface area contributed by atoms with Crippen molar-refractivity contribution in [2.45, 2.75) is 31.4 Å². The predicted molar refractivity (Wildman–Crippen MR) is 98.7 cm³/mol. The number of nitrogens with one attached hydrogen (secondary N) is 3. The third-order valence-corrected chi connectivity index (χ3v) is 4.56. The summed E-state index contributed by atoms with van der Waals surface area (Å²) in [7, 11) is 0. The second-order valence-corrected chi connectivity index (χ2v) is 6.81. The molecule has 148 valence electrons. The molecule has 0 aliphatic carbocycles. The van der Waals surface area contributed by atoms with Crippen LogP contribution >= 0.6 is 0 Å². The summed E-state index contributed by atoms with van der Waals surface area (Å²) in [5.74, 6) is -4.13. The van der Waals surface area contributed by atoms with Crippen molar-refractivity contribution in [2.75, 3.05) is 11.9 Å². The van der Waals surface area contributed by atoms with Gasteiger partial charge in [0, 0.05) is 17.7 Å². The molecule has 28 heavy (non-hydrogen) atoms. The molecule has 2 amide bonds. The van der Waals surface area contributed by atoms with E-state index in [1.54, 1.807) is 31.2 Å². The summed E-state index contributed by atoms with van der Waals surface area (Å²) < 4.78 is 39.3. The number of halogens is 3. The average Bonchev–Trinajstić information content (AvgIpc) is 3.02. The zero-order valence-corrected chi connectivity index (χ0v) is 15.1. The fourth-order valence-electron chi connectivity index (χ4n) is 2.96. The topological polar surface area (TPSA) is 70.2 Å². The molecule has 0 spiro atoms. The van der Waals surface area contributed by atoms with E-state index >= 15 is 0 Å².